The fourth-order valence-corrected chi connectivity index (χ4v) is 1.09. The van der Waals surface area contributed by atoms with E-state index in [1.165, 1.54) is 0 Å². The quantitative estimate of drug-likeness (QED) is 0.795. The Labute approximate surface area is 91.5 Å². The van der Waals surface area contributed by atoms with Gasteiger partial charge in [-0.05, 0) is 18.1 Å². The Bertz CT molecular complexity index is 404. The van der Waals surface area contributed by atoms with Gasteiger partial charge in [0.25, 0.3) is 5.91 Å². The molecule has 0 atom stereocenters. The van der Waals surface area contributed by atoms with Crippen molar-refractivity contribution in [3.63, 3.8) is 0 Å². The number of halogens is 3. The number of amides is 1. The smallest absolute Gasteiger partial charge is 0.254 e. The molecule has 2 nitrogen and oxygen atoms in total. The molecule has 0 aliphatic rings. The molecule has 0 saturated carbocycles. The summed E-state index contributed by atoms with van der Waals surface area (Å²) in [7, 11) is 0. The van der Waals surface area contributed by atoms with Gasteiger partial charge in [0.2, 0.25) is 0 Å². The fraction of sp³-hybridized carbons (Fsp3) is 0.364. The first-order chi connectivity index (χ1) is 7.43. The van der Waals surface area contributed by atoms with Gasteiger partial charge >= 0.3 is 0 Å². The van der Waals surface area contributed by atoms with E-state index in [1.54, 1.807) is 0 Å². The Morgan fingerprint density at radius 2 is 1.88 bits per heavy atom. The second kappa shape index (κ2) is 5.01. The topological polar surface area (TPSA) is 29.1 Å². The van der Waals surface area contributed by atoms with Crippen LogP contribution in [0.25, 0.3) is 0 Å². The molecular weight excluding hydrogens is 219 g/mol. The van der Waals surface area contributed by atoms with Crippen molar-refractivity contribution < 1.29 is 18.0 Å². The summed E-state index contributed by atoms with van der Waals surface area (Å²) < 4.78 is 38.6. The third-order valence-electron chi connectivity index (χ3n) is 1.95. The number of carbonyl (C=O) groups is 1. The minimum Gasteiger partial charge on any atom is -0.352 e. The number of hydrogen-bond acceptors (Lipinski definition) is 1. The summed E-state index contributed by atoms with van der Waals surface area (Å²) in [6, 6.07) is 1.64. The summed E-state index contributed by atoms with van der Waals surface area (Å²) in [4.78, 5) is 11.4. The molecule has 1 amide bonds. The number of carbonyl (C=O) groups excluding carboxylic acids is 1. The molecule has 0 aromatic heterocycles. The largest absolute Gasteiger partial charge is 0.352 e. The molecule has 0 aliphatic carbocycles. The second-order valence-corrected chi connectivity index (χ2v) is 3.83. The SMILES string of the molecule is CC(C)CNC(=O)c1ccc(F)c(F)c1F. The lowest BCUT2D eigenvalue weighted by Crippen LogP contribution is -2.28. The lowest BCUT2D eigenvalue weighted by atomic mass is 10.1. The zero-order chi connectivity index (χ0) is 12.3. The van der Waals surface area contributed by atoms with Crippen LogP contribution in [0.1, 0.15) is 24.2 Å². The van der Waals surface area contributed by atoms with E-state index in [1.807, 2.05) is 13.8 Å². The number of rotatable bonds is 3. The summed E-state index contributed by atoms with van der Waals surface area (Å²) in [5.41, 5.74) is -0.487. The zero-order valence-electron chi connectivity index (χ0n) is 8.98. The van der Waals surface area contributed by atoms with E-state index in [0.29, 0.717) is 6.54 Å². The van der Waals surface area contributed by atoms with Crippen molar-refractivity contribution in [1.29, 1.82) is 0 Å². The van der Waals surface area contributed by atoms with E-state index in [9.17, 15) is 18.0 Å². The van der Waals surface area contributed by atoms with Gasteiger partial charge in [-0.25, -0.2) is 13.2 Å². The molecule has 1 N–H and O–H groups in total. The molecule has 0 aliphatic heterocycles. The Morgan fingerprint density at radius 3 is 2.44 bits per heavy atom. The van der Waals surface area contributed by atoms with Crippen molar-refractivity contribution >= 4 is 5.91 Å². The van der Waals surface area contributed by atoms with Gasteiger partial charge < -0.3 is 5.32 Å². The third-order valence-corrected chi connectivity index (χ3v) is 1.95. The first kappa shape index (κ1) is 12.5. The Balaban J connectivity index is 2.88. The second-order valence-electron chi connectivity index (χ2n) is 3.83. The van der Waals surface area contributed by atoms with Crippen LogP contribution in [-0.4, -0.2) is 12.5 Å². The van der Waals surface area contributed by atoms with Crippen LogP contribution in [0, 0.1) is 23.4 Å². The van der Waals surface area contributed by atoms with E-state index >= 15 is 0 Å². The fourth-order valence-electron chi connectivity index (χ4n) is 1.09. The summed E-state index contributed by atoms with van der Waals surface area (Å²) in [6.45, 7) is 4.07. The average molecular weight is 231 g/mol. The van der Waals surface area contributed by atoms with Crippen molar-refractivity contribution in [1.82, 2.24) is 5.32 Å². The number of nitrogens with one attached hydrogen (secondary N) is 1. The number of benzene rings is 1. The molecule has 0 spiro atoms. The van der Waals surface area contributed by atoms with Crippen LogP contribution in [0.15, 0.2) is 12.1 Å². The van der Waals surface area contributed by atoms with Crippen molar-refractivity contribution in [2.24, 2.45) is 5.92 Å². The normalized spacial score (nSPS) is 10.6. The molecule has 1 aromatic carbocycles. The van der Waals surface area contributed by atoms with Crippen molar-refractivity contribution in [3.8, 4) is 0 Å². The van der Waals surface area contributed by atoms with Gasteiger partial charge in [0, 0.05) is 6.54 Å². The van der Waals surface area contributed by atoms with Gasteiger partial charge in [0.05, 0.1) is 5.56 Å². The van der Waals surface area contributed by atoms with Gasteiger partial charge in [-0.3, -0.25) is 4.79 Å². The highest BCUT2D eigenvalue weighted by atomic mass is 19.2. The van der Waals surface area contributed by atoms with E-state index < -0.39 is 28.9 Å². The molecule has 1 aromatic rings. The van der Waals surface area contributed by atoms with Gasteiger partial charge in [-0.2, -0.15) is 0 Å². The molecule has 0 radical (unpaired) electrons. The molecule has 0 unspecified atom stereocenters. The van der Waals surface area contributed by atoms with Crippen molar-refractivity contribution in [2.75, 3.05) is 6.54 Å². The summed E-state index contributed by atoms with van der Waals surface area (Å²) in [5.74, 6) is -4.95. The minimum atomic E-state index is -1.63. The predicted molar refractivity (Wildman–Crippen MR) is 53.5 cm³/mol. The highest BCUT2D eigenvalue weighted by molar-refractivity contribution is 5.94. The maximum absolute atomic E-state index is 13.2. The molecule has 1 rings (SSSR count). The molecule has 16 heavy (non-hydrogen) atoms. The molecule has 0 heterocycles. The van der Waals surface area contributed by atoms with Crippen LogP contribution >= 0.6 is 0 Å². The molecule has 0 fully saturated rings. The first-order valence-electron chi connectivity index (χ1n) is 4.85. The summed E-state index contributed by atoms with van der Waals surface area (Å²) in [5, 5.41) is 2.42. The molecule has 5 heteroatoms. The Kier molecular flexibility index (Phi) is 3.93. The zero-order valence-corrected chi connectivity index (χ0v) is 8.98. The lowest BCUT2D eigenvalue weighted by molar-refractivity contribution is 0.0943. The van der Waals surface area contributed by atoms with Gasteiger partial charge in [0.15, 0.2) is 17.5 Å². The van der Waals surface area contributed by atoms with Crippen molar-refractivity contribution in [3.05, 3.63) is 35.1 Å². The van der Waals surface area contributed by atoms with Gasteiger partial charge in [-0.1, -0.05) is 13.8 Å². The standard InChI is InChI=1S/C11H12F3NO/c1-6(2)5-15-11(16)7-3-4-8(12)10(14)9(7)13/h3-4,6H,5H2,1-2H3,(H,15,16). The van der Waals surface area contributed by atoms with Crippen LogP contribution in [0.2, 0.25) is 0 Å². The highest BCUT2D eigenvalue weighted by Gasteiger charge is 2.18. The predicted octanol–water partition coefficient (Wildman–Crippen LogP) is 2.49. The van der Waals surface area contributed by atoms with E-state index in [4.69, 9.17) is 0 Å². The van der Waals surface area contributed by atoms with Crippen LogP contribution < -0.4 is 5.32 Å². The van der Waals surface area contributed by atoms with E-state index in [2.05, 4.69) is 5.32 Å². The first-order valence-corrected chi connectivity index (χ1v) is 4.85. The molecular formula is C11H12F3NO. The summed E-state index contributed by atoms with van der Waals surface area (Å²) >= 11 is 0. The van der Waals surface area contributed by atoms with E-state index in [-0.39, 0.29) is 5.92 Å². The van der Waals surface area contributed by atoms with Crippen LogP contribution in [0.5, 0.6) is 0 Å². The van der Waals surface area contributed by atoms with E-state index in [0.717, 1.165) is 12.1 Å². The molecule has 0 bridgehead atoms. The van der Waals surface area contributed by atoms with Gasteiger partial charge in [0.1, 0.15) is 0 Å². The van der Waals surface area contributed by atoms with Gasteiger partial charge in [-0.15, -0.1) is 0 Å². The third kappa shape index (κ3) is 2.74. The van der Waals surface area contributed by atoms with Crippen LogP contribution in [-0.2, 0) is 0 Å². The minimum absolute atomic E-state index is 0.192. The monoisotopic (exact) mass is 231 g/mol. The van der Waals surface area contributed by atoms with Crippen LogP contribution in [0.4, 0.5) is 13.2 Å². The van der Waals surface area contributed by atoms with Crippen molar-refractivity contribution in [2.45, 2.75) is 13.8 Å². The number of hydrogen-bond donors (Lipinski definition) is 1. The lowest BCUT2D eigenvalue weighted by Gasteiger charge is -2.08. The Hall–Kier alpha value is -1.52. The average Bonchev–Trinajstić information content (AvgIpc) is 2.23. The highest BCUT2D eigenvalue weighted by Crippen LogP contribution is 2.14. The summed E-state index contributed by atoms with van der Waals surface area (Å²) in [6.07, 6.45) is 0. The Morgan fingerprint density at radius 1 is 1.25 bits per heavy atom. The van der Waals surface area contributed by atoms with Crippen LogP contribution in [0.3, 0.4) is 0 Å². The molecule has 0 saturated heterocycles. The molecule has 88 valence electrons. The maximum atomic E-state index is 13.2. The maximum Gasteiger partial charge on any atom is 0.254 e.